The van der Waals surface area contributed by atoms with E-state index >= 15 is 0 Å². The molecular weight excluding hydrogens is 300 g/mol. The van der Waals surface area contributed by atoms with Crippen LogP contribution in [0.15, 0.2) is 0 Å². The standard InChI is InChI=1S/C11H14N4OS3/c1-5-15-6(2)8(18-11(15)17)9-12-13-10(19-9)14(4)7(3)16/h5H2,1-4H3. The molecule has 1 amide bonds. The number of anilines is 1. The van der Waals surface area contributed by atoms with Crippen LogP contribution in [-0.2, 0) is 11.3 Å². The van der Waals surface area contributed by atoms with E-state index in [0.717, 1.165) is 26.1 Å². The smallest absolute Gasteiger partial charge is 0.225 e. The number of hydrogen-bond acceptors (Lipinski definition) is 6. The Morgan fingerprint density at radius 3 is 2.63 bits per heavy atom. The van der Waals surface area contributed by atoms with E-state index in [4.69, 9.17) is 12.2 Å². The first-order valence-corrected chi connectivity index (χ1v) is 7.78. The summed E-state index contributed by atoms with van der Waals surface area (Å²) in [7, 11) is 1.69. The minimum absolute atomic E-state index is 0.0572. The van der Waals surface area contributed by atoms with Crippen molar-refractivity contribution in [3.8, 4) is 9.88 Å². The van der Waals surface area contributed by atoms with E-state index in [2.05, 4.69) is 21.7 Å². The quantitative estimate of drug-likeness (QED) is 0.817. The molecule has 0 bridgehead atoms. The number of carbonyl (C=O) groups is 1. The van der Waals surface area contributed by atoms with Crippen molar-refractivity contribution in [1.82, 2.24) is 14.8 Å². The van der Waals surface area contributed by atoms with Crippen molar-refractivity contribution in [3.63, 3.8) is 0 Å². The number of hydrogen-bond donors (Lipinski definition) is 0. The summed E-state index contributed by atoms with van der Waals surface area (Å²) in [6, 6.07) is 0. The summed E-state index contributed by atoms with van der Waals surface area (Å²) >= 11 is 8.27. The highest BCUT2D eigenvalue weighted by molar-refractivity contribution is 7.73. The SMILES string of the molecule is CCn1c(C)c(-c2nnc(N(C)C(C)=O)s2)sc1=S. The van der Waals surface area contributed by atoms with E-state index in [9.17, 15) is 4.79 Å². The van der Waals surface area contributed by atoms with E-state index < -0.39 is 0 Å². The van der Waals surface area contributed by atoms with E-state index in [0.29, 0.717) is 5.13 Å². The summed E-state index contributed by atoms with van der Waals surface area (Å²) in [5.74, 6) is -0.0572. The second kappa shape index (κ2) is 5.48. The molecule has 0 saturated heterocycles. The molecule has 2 aromatic rings. The highest BCUT2D eigenvalue weighted by Gasteiger charge is 2.17. The first-order valence-electron chi connectivity index (χ1n) is 5.74. The number of aromatic nitrogens is 3. The van der Waals surface area contributed by atoms with Gasteiger partial charge in [-0.3, -0.25) is 9.69 Å². The number of amides is 1. The Bertz CT molecular complexity index is 670. The average molecular weight is 314 g/mol. The third kappa shape index (κ3) is 2.60. The molecule has 2 heterocycles. The van der Waals surface area contributed by atoms with Crippen LogP contribution in [0.5, 0.6) is 0 Å². The molecule has 0 N–H and O–H groups in total. The molecule has 0 atom stereocenters. The monoisotopic (exact) mass is 314 g/mol. The van der Waals surface area contributed by atoms with Gasteiger partial charge in [0.15, 0.2) is 8.96 Å². The topological polar surface area (TPSA) is 51.0 Å². The molecule has 0 saturated carbocycles. The van der Waals surface area contributed by atoms with Crippen LogP contribution in [-0.4, -0.2) is 27.7 Å². The van der Waals surface area contributed by atoms with E-state index in [1.165, 1.54) is 34.5 Å². The first-order chi connectivity index (χ1) is 8.95. The predicted octanol–water partition coefficient (Wildman–Crippen LogP) is 3.11. The fourth-order valence-electron chi connectivity index (χ4n) is 1.62. The van der Waals surface area contributed by atoms with Gasteiger partial charge in [0.1, 0.15) is 0 Å². The van der Waals surface area contributed by atoms with Gasteiger partial charge in [-0.2, -0.15) is 0 Å². The Labute approximate surface area is 124 Å². The maximum Gasteiger partial charge on any atom is 0.225 e. The maximum absolute atomic E-state index is 11.3. The van der Waals surface area contributed by atoms with Crippen LogP contribution in [0, 0.1) is 10.9 Å². The third-order valence-electron chi connectivity index (χ3n) is 2.83. The van der Waals surface area contributed by atoms with E-state index in [1.54, 1.807) is 7.05 Å². The maximum atomic E-state index is 11.3. The molecule has 0 aliphatic heterocycles. The zero-order chi connectivity index (χ0) is 14.2. The Morgan fingerprint density at radius 1 is 1.42 bits per heavy atom. The molecular formula is C11H14N4OS3. The predicted molar refractivity (Wildman–Crippen MR) is 81.5 cm³/mol. The Hall–Kier alpha value is -1.12. The lowest BCUT2D eigenvalue weighted by Gasteiger charge is -2.08. The van der Waals surface area contributed by atoms with Crippen molar-refractivity contribution in [2.24, 2.45) is 0 Å². The first kappa shape index (κ1) is 14.3. The summed E-state index contributed by atoms with van der Waals surface area (Å²) in [6.45, 7) is 6.44. The van der Waals surface area contributed by atoms with Crippen molar-refractivity contribution in [3.05, 3.63) is 9.65 Å². The lowest BCUT2D eigenvalue weighted by molar-refractivity contribution is -0.116. The molecule has 8 heteroatoms. The molecule has 0 aromatic carbocycles. The van der Waals surface area contributed by atoms with E-state index in [-0.39, 0.29) is 5.91 Å². The van der Waals surface area contributed by atoms with Crippen molar-refractivity contribution in [2.75, 3.05) is 11.9 Å². The molecule has 5 nitrogen and oxygen atoms in total. The van der Waals surface area contributed by atoms with Crippen molar-refractivity contribution in [2.45, 2.75) is 27.3 Å². The summed E-state index contributed by atoms with van der Waals surface area (Å²) in [4.78, 5) is 13.8. The van der Waals surface area contributed by atoms with Gasteiger partial charge in [0, 0.05) is 26.2 Å². The molecule has 0 unspecified atom stereocenters. The van der Waals surface area contributed by atoms with Crippen LogP contribution >= 0.6 is 34.9 Å². The second-order valence-corrected chi connectivity index (χ2v) is 6.59. The molecule has 2 rings (SSSR count). The minimum Gasteiger partial charge on any atom is -0.327 e. The zero-order valence-electron chi connectivity index (χ0n) is 11.1. The fraction of sp³-hybridized carbons (Fsp3) is 0.455. The molecule has 0 aliphatic rings. The van der Waals surface area contributed by atoms with Crippen LogP contribution in [0.2, 0.25) is 0 Å². The Balaban J connectivity index is 2.44. The summed E-state index contributed by atoms with van der Waals surface area (Å²) in [6.07, 6.45) is 0. The highest BCUT2D eigenvalue weighted by atomic mass is 32.1. The number of thiazole rings is 1. The van der Waals surface area contributed by atoms with Gasteiger partial charge >= 0.3 is 0 Å². The summed E-state index contributed by atoms with van der Waals surface area (Å²) in [5, 5.41) is 9.63. The van der Waals surface area contributed by atoms with Crippen LogP contribution in [0.25, 0.3) is 9.88 Å². The minimum atomic E-state index is -0.0572. The van der Waals surface area contributed by atoms with E-state index in [1.807, 2.05) is 6.92 Å². The van der Waals surface area contributed by atoms with Crippen LogP contribution < -0.4 is 4.90 Å². The molecule has 0 spiro atoms. The van der Waals surface area contributed by atoms with Gasteiger partial charge in [-0.1, -0.05) is 11.3 Å². The molecule has 0 fully saturated rings. The normalized spacial score (nSPS) is 10.7. The zero-order valence-corrected chi connectivity index (χ0v) is 13.6. The largest absolute Gasteiger partial charge is 0.327 e. The Morgan fingerprint density at radius 2 is 2.11 bits per heavy atom. The van der Waals surface area contributed by atoms with Crippen LogP contribution in [0.3, 0.4) is 0 Å². The summed E-state index contributed by atoms with van der Waals surface area (Å²) < 4.78 is 2.91. The van der Waals surface area contributed by atoms with Crippen LogP contribution in [0.1, 0.15) is 19.5 Å². The summed E-state index contributed by atoms with van der Waals surface area (Å²) in [5.41, 5.74) is 1.10. The van der Waals surface area contributed by atoms with Gasteiger partial charge in [0.25, 0.3) is 0 Å². The van der Waals surface area contributed by atoms with Gasteiger partial charge in [-0.25, -0.2) is 0 Å². The molecule has 102 valence electrons. The van der Waals surface area contributed by atoms with Gasteiger partial charge < -0.3 is 4.57 Å². The number of carbonyl (C=O) groups excluding carboxylic acids is 1. The van der Waals surface area contributed by atoms with Gasteiger partial charge in [-0.05, 0) is 26.1 Å². The van der Waals surface area contributed by atoms with Gasteiger partial charge in [0.2, 0.25) is 11.0 Å². The van der Waals surface area contributed by atoms with Gasteiger partial charge in [-0.15, -0.1) is 21.5 Å². The molecule has 0 aliphatic carbocycles. The highest BCUT2D eigenvalue weighted by Crippen LogP contribution is 2.34. The lowest BCUT2D eigenvalue weighted by Crippen LogP contribution is -2.22. The third-order valence-corrected chi connectivity index (χ3v) is 5.53. The van der Waals surface area contributed by atoms with Crippen molar-refractivity contribution >= 4 is 45.9 Å². The molecule has 2 aromatic heterocycles. The van der Waals surface area contributed by atoms with Crippen molar-refractivity contribution < 1.29 is 4.79 Å². The second-order valence-electron chi connectivity index (χ2n) is 3.99. The van der Waals surface area contributed by atoms with Crippen LogP contribution in [0.4, 0.5) is 5.13 Å². The van der Waals surface area contributed by atoms with Crippen molar-refractivity contribution in [1.29, 1.82) is 0 Å². The molecule has 19 heavy (non-hydrogen) atoms. The number of rotatable bonds is 3. The van der Waals surface area contributed by atoms with Gasteiger partial charge in [0.05, 0.1) is 4.88 Å². The number of nitrogens with zero attached hydrogens (tertiary/aromatic N) is 4. The molecule has 0 radical (unpaired) electrons. The fourth-order valence-corrected chi connectivity index (χ4v) is 4.16. The average Bonchev–Trinajstić information content (AvgIpc) is 2.93. The Kier molecular flexibility index (Phi) is 4.12. The lowest BCUT2D eigenvalue weighted by atomic mass is 10.4.